The number of carbonyl (C=O) groups is 4. The van der Waals surface area contributed by atoms with Gasteiger partial charge < -0.3 is 26.4 Å². The molecule has 1 rings (SSSR count). The summed E-state index contributed by atoms with van der Waals surface area (Å²) in [5, 5.41) is 18.3. The van der Waals surface area contributed by atoms with E-state index in [0.717, 1.165) is 0 Å². The molecule has 6 N–H and O–H groups in total. The number of aliphatic hydroxyl groups excluding tert-OH is 1. The summed E-state index contributed by atoms with van der Waals surface area (Å²) in [4.78, 5) is 46.7. The number of aliphatic hydroxyl groups is 1. The molecular weight excluding hydrogens is 334 g/mol. The van der Waals surface area contributed by atoms with E-state index in [1.807, 2.05) is 0 Å². The number of carboxylic acid groups (broad SMARTS) is 1. The Kier molecular flexibility index (Phi) is 7.50. The van der Waals surface area contributed by atoms with E-state index < -0.39 is 49.0 Å². The first kappa shape index (κ1) is 20.1. The molecule has 1 aromatic carbocycles. The van der Waals surface area contributed by atoms with Gasteiger partial charge in [-0.1, -0.05) is 30.3 Å². The maximum atomic E-state index is 12.3. The molecule has 0 saturated carbocycles. The molecule has 0 spiro atoms. The van der Waals surface area contributed by atoms with Crippen LogP contribution in [0.1, 0.15) is 12.0 Å². The fourth-order valence-electron chi connectivity index (χ4n) is 1.91. The number of imide groups is 1. The number of hydrogen-bond acceptors (Lipinski definition) is 7. The number of amides is 3. The highest BCUT2D eigenvalue weighted by molar-refractivity contribution is 6.00. The van der Waals surface area contributed by atoms with Crippen LogP contribution in [-0.2, 0) is 25.7 Å². The number of carbonyl (C=O) groups excluding carboxylic acids is 3. The fourth-order valence-corrected chi connectivity index (χ4v) is 1.91. The number of ether oxygens (including phenoxy) is 1. The van der Waals surface area contributed by atoms with E-state index in [1.54, 1.807) is 30.3 Å². The van der Waals surface area contributed by atoms with Crippen molar-refractivity contribution in [1.29, 1.82) is 0 Å². The quantitative estimate of drug-likeness (QED) is 0.451. The lowest BCUT2D eigenvalue weighted by Crippen LogP contribution is -2.56. The minimum atomic E-state index is -1.91. The Morgan fingerprint density at radius 3 is 2.24 bits per heavy atom. The molecule has 0 radical (unpaired) electrons. The van der Waals surface area contributed by atoms with Crippen LogP contribution in [0.2, 0.25) is 0 Å². The smallest absolute Gasteiger partial charge is 0.417 e. The standard InChI is InChI=1S/C15H19N3O7/c16-10(6-12(17)20)13(21)18(11(7-19)14(22)23)15(24)25-8-9-4-2-1-3-5-9/h1-5,10-11,19H,6-8,16H2,(H2,17,20)(H,22,23)/t10-,11-/m0/s1. The number of carboxylic acids is 1. The van der Waals surface area contributed by atoms with Crippen molar-refractivity contribution in [3.05, 3.63) is 35.9 Å². The second-order valence-electron chi connectivity index (χ2n) is 5.06. The number of rotatable bonds is 8. The second-order valence-corrected chi connectivity index (χ2v) is 5.06. The molecule has 0 bridgehead atoms. The molecule has 0 aliphatic heterocycles. The molecule has 10 heteroatoms. The third-order valence-corrected chi connectivity index (χ3v) is 3.15. The topological polar surface area (TPSA) is 173 Å². The van der Waals surface area contributed by atoms with Crippen molar-refractivity contribution in [2.45, 2.75) is 25.1 Å². The van der Waals surface area contributed by atoms with Gasteiger partial charge in [0.1, 0.15) is 6.61 Å². The highest BCUT2D eigenvalue weighted by Gasteiger charge is 2.38. The van der Waals surface area contributed by atoms with E-state index >= 15 is 0 Å². The molecular formula is C15H19N3O7. The van der Waals surface area contributed by atoms with Gasteiger partial charge in [0.05, 0.1) is 19.1 Å². The van der Waals surface area contributed by atoms with E-state index in [2.05, 4.69) is 0 Å². The third-order valence-electron chi connectivity index (χ3n) is 3.15. The first-order valence-electron chi connectivity index (χ1n) is 7.19. The van der Waals surface area contributed by atoms with Gasteiger partial charge in [-0.05, 0) is 5.56 Å². The van der Waals surface area contributed by atoms with Crippen molar-refractivity contribution in [3.8, 4) is 0 Å². The van der Waals surface area contributed by atoms with Gasteiger partial charge in [-0.3, -0.25) is 9.59 Å². The predicted octanol–water partition coefficient (Wildman–Crippen LogP) is -1.20. The zero-order valence-corrected chi connectivity index (χ0v) is 13.2. The van der Waals surface area contributed by atoms with Gasteiger partial charge in [0.25, 0.3) is 0 Å². The minimum Gasteiger partial charge on any atom is -0.480 e. The molecule has 0 aromatic heterocycles. The molecule has 136 valence electrons. The van der Waals surface area contributed by atoms with E-state index in [1.165, 1.54) is 0 Å². The van der Waals surface area contributed by atoms with E-state index in [-0.39, 0.29) is 11.5 Å². The Balaban J connectivity index is 2.96. The minimum absolute atomic E-state index is 0.179. The SMILES string of the molecule is NC(=O)C[C@H](N)C(=O)N(C(=O)OCc1ccccc1)[C@@H](CO)C(=O)O. The summed E-state index contributed by atoms with van der Waals surface area (Å²) in [5.41, 5.74) is 11.0. The molecule has 0 saturated heterocycles. The Hall–Kier alpha value is -2.98. The van der Waals surface area contributed by atoms with Gasteiger partial charge in [-0.25, -0.2) is 14.5 Å². The zero-order chi connectivity index (χ0) is 19.0. The maximum Gasteiger partial charge on any atom is 0.417 e. The van der Waals surface area contributed by atoms with Crippen LogP contribution < -0.4 is 11.5 Å². The first-order valence-corrected chi connectivity index (χ1v) is 7.19. The molecule has 25 heavy (non-hydrogen) atoms. The lowest BCUT2D eigenvalue weighted by atomic mass is 10.1. The van der Waals surface area contributed by atoms with Crippen molar-refractivity contribution in [2.75, 3.05) is 6.61 Å². The highest BCUT2D eigenvalue weighted by atomic mass is 16.6. The molecule has 2 atom stereocenters. The van der Waals surface area contributed by atoms with Gasteiger partial charge in [-0.15, -0.1) is 0 Å². The Labute approximate surface area is 143 Å². The van der Waals surface area contributed by atoms with E-state index in [9.17, 15) is 24.3 Å². The van der Waals surface area contributed by atoms with Crippen molar-refractivity contribution >= 4 is 23.9 Å². The summed E-state index contributed by atoms with van der Waals surface area (Å²) in [5.74, 6) is -3.74. The molecule has 0 fully saturated rings. The van der Waals surface area contributed by atoms with E-state index in [4.69, 9.17) is 21.3 Å². The van der Waals surface area contributed by atoms with Crippen molar-refractivity contribution < 1.29 is 34.1 Å². The normalized spacial score (nSPS) is 12.7. The van der Waals surface area contributed by atoms with Crippen molar-refractivity contribution in [2.24, 2.45) is 11.5 Å². The summed E-state index contributed by atoms with van der Waals surface area (Å²) in [7, 11) is 0. The summed E-state index contributed by atoms with van der Waals surface area (Å²) in [6.07, 6.45) is -1.91. The van der Waals surface area contributed by atoms with Crippen molar-refractivity contribution in [1.82, 2.24) is 4.90 Å². The molecule has 0 aliphatic rings. The Morgan fingerprint density at radius 1 is 1.16 bits per heavy atom. The highest BCUT2D eigenvalue weighted by Crippen LogP contribution is 2.10. The van der Waals surface area contributed by atoms with Crippen LogP contribution in [0.4, 0.5) is 4.79 Å². The largest absolute Gasteiger partial charge is 0.480 e. The van der Waals surface area contributed by atoms with Crippen LogP contribution in [0.15, 0.2) is 30.3 Å². The molecule has 3 amide bonds. The van der Waals surface area contributed by atoms with Gasteiger partial charge >= 0.3 is 12.1 Å². The van der Waals surface area contributed by atoms with Gasteiger partial charge in [0.15, 0.2) is 6.04 Å². The summed E-state index contributed by atoms with van der Waals surface area (Å²) in [6, 6.07) is 4.99. The van der Waals surface area contributed by atoms with Crippen LogP contribution >= 0.6 is 0 Å². The lowest BCUT2D eigenvalue weighted by Gasteiger charge is -2.27. The predicted molar refractivity (Wildman–Crippen MR) is 83.8 cm³/mol. The number of hydrogen-bond donors (Lipinski definition) is 4. The van der Waals surface area contributed by atoms with Gasteiger partial charge in [0, 0.05) is 0 Å². The van der Waals surface area contributed by atoms with Gasteiger partial charge in [0.2, 0.25) is 11.8 Å². The Morgan fingerprint density at radius 2 is 1.76 bits per heavy atom. The third kappa shape index (κ3) is 5.86. The average molecular weight is 353 g/mol. The number of benzene rings is 1. The summed E-state index contributed by atoms with van der Waals surface area (Å²) >= 11 is 0. The Bertz CT molecular complexity index is 635. The van der Waals surface area contributed by atoms with Crippen LogP contribution in [-0.4, -0.2) is 57.7 Å². The fraction of sp³-hybridized carbons (Fsp3) is 0.333. The molecule has 0 unspecified atom stereocenters. The number of nitrogens with zero attached hydrogens (tertiary/aromatic N) is 1. The second kappa shape index (κ2) is 9.35. The zero-order valence-electron chi connectivity index (χ0n) is 13.2. The molecule has 10 nitrogen and oxygen atoms in total. The summed E-state index contributed by atoms with van der Waals surface area (Å²) < 4.78 is 4.92. The van der Waals surface area contributed by atoms with Crippen LogP contribution in [0.25, 0.3) is 0 Å². The lowest BCUT2D eigenvalue weighted by molar-refractivity contribution is -0.151. The van der Waals surface area contributed by atoms with Crippen molar-refractivity contribution in [3.63, 3.8) is 0 Å². The van der Waals surface area contributed by atoms with Crippen LogP contribution in [0.5, 0.6) is 0 Å². The number of primary amides is 1. The molecule has 0 aliphatic carbocycles. The van der Waals surface area contributed by atoms with E-state index in [0.29, 0.717) is 5.56 Å². The van der Waals surface area contributed by atoms with Gasteiger partial charge in [-0.2, -0.15) is 0 Å². The first-order chi connectivity index (χ1) is 11.8. The summed E-state index contributed by atoms with van der Waals surface area (Å²) in [6.45, 7) is -1.28. The maximum absolute atomic E-state index is 12.3. The number of nitrogens with two attached hydrogens (primary N) is 2. The average Bonchev–Trinajstić information content (AvgIpc) is 2.56. The molecule has 1 aromatic rings. The monoisotopic (exact) mass is 353 g/mol. The molecule has 0 heterocycles. The van der Waals surface area contributed by atoms with Crippen LogP contribution in [0, 0.1) is 0 Å². The van der Waals surface area contributed by atoms with Crippen LogP contribution in [0.3, 0.4) is 0 Å². The number of aliphatic carboxylic acids is 1.